The molecule has 0 saturated carbocycles. The highest BCUT2D eigenvalue weighted by atomic mass is 16.3. The molecule has 5 nitrogen and oxygen atoms in total. The van der Waals surface area contributed by atoms with Gasteiger partial charge in [0.1, 0.15) is 5.54 Å². The summed E-state index contributed by atoms with van der Waals surface area (Å²) in [6.07, 6.45) is 3.85. The number of nitrogens with zero attached hydrogens (tertiary/aromatic N) is 2. The predicted molar refractivity (Wildman–Crippen MR) is 175 cm³/mol. The van der Waals surface area contributed by atoms with Gasteiger partial charge in [0.2, 0.25) is 0 Å². The molecule has 0 aromatic heterocycles. The maximum absolute atomic E-state index is 15.7. The van der Waals surface area contributed by atoms with Crippen molar-refractivity contribution in [2.75, 3.05) is 19.6 Å². The van der Waals surface area contributed by atoms with E-state index in [1.807, 2.05) is 54.6 Å². The maximum atomic E-state index is 15.7. The number of piperidine rings is 1. The Bertz CT molecular complexity index is 2160. The molecule has 5 aromatic rings. The molecule has 4 saturated heterocycles. The zero-order valence-corrected chi connectivity index (χ0v) is 24.8. The van der Waals surface area contributed by atoms with Crippen molar-refractivity contribution in [3.8, 4) is 0 Å². The van der Waals surface area contributed by atoms with Crippen LogP contribution in [0.5, 0.6) is 0 Å². The molecule has 2 bridgehead atoms. The molecule has 2 spiro atoms. The number of ketones is 2. The number of benzene rings is 5. The summed E-state index contributed by atoms with van der Waals surface area (Å²) in [6, 6.07) is 36.7. The van der Waals surface area contributed by atoms with Gasteiger partial charge in [0.25, 0.3) is 0 Å². The van der Waals surface area contributed by atoms with Crippen LogP contribution in [0.25, 0.3) is 27.6 Å². The number of aliphatic hydroxyl groups is 1. The standard InChI is InChI=1S/C40H32N2O3/c43-36-28(22-27-14-7-12-25-10-1-3-15-29(25)27)23-41-24-38(36)35(31-18-8-13-26-11-2-4-16-30(26)31)34-20-9-21-42(34)39(38)37(44)32-17-5-6-19-33(32)40(39,41)45/h1-8,10-19,22,34-35,45H,9,20-21,23-24H2/b28-22+/t34?,35-,38?,39?,40?/m0/s1. The minimum atomic E-state index is -1.62. The first-order valence-corrected chi connectivity index (χ1v) is 16.1. The third-order valence-corrected chi connectivity index (χ3v) is 11.9. The summed E-state index contributed by atoms with van der Waals surface area (Å²) >= 11 is 0. The Hall–Kier alpha value is -4.42. The largest absolute Gasteiger partial charge is 0.369 e. The summed E-state index contributed by atoms with van der Waals surface area (Å²) < 4.78 is 0. The molecule has 4 fully saturated rings. The highest BCUT2D eigenvalue weighted by molar-refractivity contribution is 6.19. The number of carbonyl (C=O) groups excluding carboxylic acids is 2. The van der Waals surface area contributed by atoms with E-state index in [1.54, 1.807) is 0 Å². The maximum Gasteiger partial charge on any atom is 0.189 e. The molecule has 5 aliphatic rings. The quantitative estimate of drug-likeness (QED) is 0.245. The van der Waals surface area contributed by atoms with Gasteiger partial charge in [-0.15, -0.1) is 0 Å². The fraction of sp³-hybridized carbons (Fsp3) is 0.250. The molecule has 4 heterocycles. The summed E-state index contributed by atoms with van der Waals surface area (Å²) in [7, 11) is 0. The lowest BCUT2D eigenvalue weighted by atomic mass is 9.57. The van der Waals surface area contributed by atoms with Crippen LogP contribution in [0.15, 0.2) is 115 Å². The van der Waals surface area contributed by atoms with E-state index in [9.17, 15) is 5.11 Å². The summed E-state index contributed by atoms with van der Waals surface area (Å²) in [5.41, 5.74) is -0.251. The Morgan fingerprint density at radius 1 is 0.756 bits per heavy atom. The van der Waals surface area contributed by atoms with Crippen molar-refractivity contribution in [2.45, 2.75) is 36.1 Å². The lowest BCUT2D eigenvalue weighted by Crippen LogP contribution is -2.67. The van der Waals surface area contributed by atoms with Gasteiger partial charge in [-0.3, -0.25) is 19.4 Å². The smallest absolute Gasteiger partial charge is 0.189 e. The number of hydrogen-bond acceptors (Lipinski definition) is 5. The third kappa shape index (κ3) is 2.79. The molecular formula is C40H32N2O3. The average Bonchev–Trinajstić information content (AvgIpc) is 3.74. The van der Waals surface area contributed by atoms with E-state index in [0.717, 1.165) is 45.5 Å². The lowest BCUT2D eigenvalue weighted by Gasteiger charge is -2.45. The van der Waals surface area contributed by atoms with Crippen molar-refractivity contribution in [2.24, 2.45) is 5.41 Å². The van der Waals surface area contributed by atoms with Crippen LogP contribution in [0.3, 0.4) is 0 Å². The number of fused-ring (bicyclic) bond motifs is 7. The molecule has 1 aliphatic carbocycles. The van der Waals surface area contributed by atoms with E-state index >= 15 is 9.59 Å². The minimum absolute atomic E-state index is 0.0103. The number of rotatable bonds is 2. The Kier molecular flexibility index (Phi) is 4.96. The van der Waals surface area contributed by atoms with E-state index in [0.29, 0.717) is 29.8 Å². The van der Waals surface area contributed by atoms with Crippen molar-refractivity contribution in [3.63, 3.8) is 0 Å². The Morgan fingerprint density at radius 3 is 2.29 bits per heavy atom. The molecule has 0 radical (unpaired) electrons. The molecule has 0 amide bonds. The summed E-state index contributed by atoms with van der Waals surface area (Å²) in [5.74, 6) is -0.349. The summed E-state index contributed by atoms with van der Waals surface area (Å²) in [4.78, 5) is 35.2. The van der Waals surface area contributed by atoms with Crippen molar-refractivity contribution in [1.29, 1.82) is 0 Å². The average molecular weight is 589 g/mol. The van der Waals surface area contributed by atoms with Gasteiger partial charge in [-0.05, 0) is 58.1 Å². The molecule has 1 N–H and O–H groups in total. The van der Waals surface area contributed by atoms with Gasteiger partial charge < -0.3 is 5.11 Å². The second kappa shape index (κ2) is 8.64. The van der Waals surface area contributed by atoms with E-state index in [4.69, 9.17) is 0 Å². The SMILES string of the molecule is O=C1/C(=C/c2cccc3ccccc23)CN2CC13[C@@H](c1cccc4ccccc14)C1CCCN1C31C(=O)c3ccccc3C21O. The molecular weight excluding hydrogens is 556 g/mol. The Balaban J connectivity index is 1.30. The lowest BCUT2D eigenvalue weighted by molar-refractivity contribution is -0.149. The van der Waals surface area contributed by atoms with Crippen LogP contribution in [0.4, 0.5) is 0 Å². The molecule has 5 aromatic carbocycles. The van der Waals surface area contributed by atoms with Gasteiger partial charge in [0.15, 0.2) is 17.3 Å². The molecule has 4 aliphatic heterocycles. The zero-order valence-electron chi connectivity index (χ0n) is 24.8. The van der Waals surface area contributed by atoms with Crippen molar-refractivity contribution in [3.05, 3.63) is 137 Å². The van der Waals surface area contributed by atoms with Crippen LogP contribution in [-0.2, 0) is 10.5 Å². The van der Waals surface area contributed by atoms with Crippen molar-refractivity contribution >= 4 is 39.2 Å². The van der Waals surface area contributed by atoms with Gasteiger partial charge >= 0.3 is 0 Å². The highest BCUT2D eigenvalue weighted by Gasteiger charge is 2.90. The first-order chi connectivity index (χ1) is 22.0. The first-order valence-electron chi connectivity index (χ1n) is 16.1. The summed E-state index contributed by atoms with van der Waals surface area (Å²) in [6.45, 7) is 1.31. The zero-order chi connectivity index (χ0) is 30.1. The number of Topliss-reactive ketones (excluding diaryl/α,β-unsaturated/α-hetero) is 2. The van der Waals surface area contributed by atoms with Gasteiger partial charge in [-0.25, -0.2) is 0 Å². The Morgan fingerprint density at radius 2 is 1.44 bits per heavy atom. The van der Waals surface area contributed by atoms with Crippen LogP contribution >= 0.6 is 0 Å². The van der Waals surface area contributed by atoms with Crippen LogP contribution < -0.4 is 0 Å². The second-order valence-electron chi connectivity index (χ2n) is 13.6. The minimum Gasteiger partial charge on any atom is -0.369 e. The molecule has 5 heteroatoms. The van der Waals surface area contributed by atoms with Gasteiger partial charge in [0, 0.05) is 41.7 Å². The number of carbonyl (C=O) groups is 2. The summed E-state index contributed by atoms with van der Waals surface area (Å²) in [5, 5.41) is 17.8. The molecule has 5 unspecified atom stereocenters. The van der Waals surface area contributed by atoms with Crippen LogP contribution in [0, 0.1) is 5.41 Å². The van der Waals surface area contributed by atoms with E-state index in [2.05, 4.69) is 70.5 Å². The second-order valence-corrected chi connectivity index (χ2v) is 13.6. The van der Waals surface area contributed by atoms with Crippen LogP contribution in [0.2, 0.25) is 0 Å². The fourth-order valence-corrected chi connectivity index (χ4v) is 10.6. The van der Waals surface area contributed by atoms with E-state index in [-0.39, 0.29) is 30.1 Å². The molecule has 45 heavy (non-hydrogen) atoms. The molecule has 10 rings (SSSR count). The molecule has 6 atom stereocenters. The van der Waals surface area contributed by atoms with Gasteiger partial charge in [-0.2, -0.15) is 0 Å². The van der Waals surface area contributed by atoms with Crippen LogP contribution in [0.1, 0.15) is 45.8 Å². The number of hydrogen-bond donors (Lipinski definition) is 1. The molecule has 220 valence electrons. The van der Waals surface area contributed by atoms with Crippen molar-refractivity contribution in [1.82, 2.24) is 9.80 Å². The van der Waals surface area contributed by atoms with Gasteiger partial charge in [-0.1, -0.05) is 109 Å². The Labute approximate surface area is 261 Å². The van der Waals surface area contributed by atoms with Crippen LogP contribution in [-0.4, -0.2) is 57.7 Å². The first kappa shape index (κ1) is 25.9. The van der Waals surface area contributed by atoms with E-state index < -0.39 is 16.7 Å². The third-order valence-electron chi connectivity index (χ3n) is 11.9. The highest BCUT2D eigenvalue weighted by Crippen LogP contribution is 2.75. The topological polar surface area (TPSA) is 60.9 Å². The van der Waals surface area contributed by atoms with Gasteiger partial charge in [0.05, 0.1) is 5.41 Å². The van der Waals surface area contributed by atoms with Crippen molar-refractivity contribution < 1.29 is 14.7 Å². The monoisotopic (exact) mass is 588 g/mol. The normalized spacial score (nSPS) is 34.0. The fourth-order valence-electron chi connectivity index (χ4n) is 10.6. The predicted octanol–water partition coefficient (Wildman–Crippen LogP) is 6.30. The van der Waals surface area contributed by atoms with E-state index in [1.165, 1.54) is 0 Å².